The first-order valence-electron chi connectivity index (χ1n) is 6.54. The van der Waals surface area contributed by atoms with Gasteiger partial charge in [0.15, 0.2) is 0 Å². The van der Waals surface area contributed by atoms with Gasteiger partial charge in [0, 0.05) is 5.02 Å². The van der Waals surface area contributed by atoms with E-state index in [9.17, 15) is 0 Å². The second-order valence-corrected chi connectivity index (χ2v) is 5.44. The maximum atomic E-state index is 6.24. The first-order valence-corrected chi connectivity index (χ1v) is 6.92. The molecule has 0 amide bonds. The molecule has 0 aliphatic rings. The van der Waals surface area contributed by atoms with Crippen molar-refractivity contribution in [3.05, 3.63) is 69.2 Å². The van der Waals surface area contributed by atoms with Crippen molar-refractivity contribution in [1.82, 2.24) is 5.32 Å². The number of benzene rings is 2. The van der Waals surface area contributed by atoms with E-state index in [4.69, 9.17) is 11.6 Å². The molecule has 0 spiro atoms. The number of aryl methyl sites for hydroxylation is 2. The molecule has 2 aromatic rings. The second kappa shape index (κ2) is 5.77. The predicted octanol–water partition coefficient (Wildman–Crippen LogP) is 4.57. The lowest BCUT2D eigenvalue weighted by Crippen LogP contribution is -2.19. The second-order valence-electron chi connectivity index (χ2n) is 5.04. The average Bonchev–Trinajstić information content (AvgIpc) is 2.37. The highest BCUT2D eigenvalue weighted by molar-refractivity contribution is 6.31. The van der Waals surface area contributed by atoms with E-state index in [1.165, 1.54) is 22.3 Å². The van der Waals surface area contributed by atoms with Crippen LogP contribution in [0.15, 0.2) is 36.4 Å². The Morgan fingerprint density at radius 2 is 1.74 bits per heavy atom. The molecule has 2 aromatic carbocycles. The van der Waals surface area contributed by atoms with Crippen LogP contribution in [0.4, 0.5) is 0 Å². The molecule has 0 radical (unpaired) electrons. The maximum Gasteiger partial charge on any atom is 0.0580 e. The molecule has 0 aromatic heterocycles. The van der Waals surface area contributed by atoms with Crippen molar-refractivity contribution in [2.75, 3.05) is 7.05 Å². The number of nitrogens with one attached hydrogen (secondary N) is 1. The van der Waals surface area contributed by atoms with Gasteiger partial charge in [-0.05, 0) is 56.1 Å². The summed E-state index contributed by atoms with van der Waals surface area (Å²) >= 11 is 6.24. The lowest BCUT2D eigenvalue weighted by molar-refractivity contribution is 0.683. The third-order valence-electron chi connectivity index (χ3n) is 3.65. The van der Waals surface area contributed by atoms with Crippen molar-refractivity contribution < 1.29 is 0 Å². The van der Waals surface area contributed by atoms with Gasteiger partial charge in [-0.15, -0.1) is 0 Å². The van der Waals surface area contributed by atoms with Gasteiger partial charge in [-0.2, -0.15) is 0 Å². The molecular formula is C17H20ClN. The standard InChI is InChI=1S/C17H20ClN/c1-11-8-9-14(12(2)10-11)17(19-4)15-6-5-7-16(18)13(15)3/h5-10,17,19H,1-4H3. The lowest BCUT2D eigenvalue weighted by atomic mass is 9.91. The number of halogens is 1. The van der Waals surface area contributed by atoms with Gasteiger partial charge < -0.3 is 5.32 Å². The minimum Gasteiger partial charge on any atom is -0.309 e. The highest BCUT2D eigenvalue weighted by atomic mass is 35.5. The molecule has 1 nitrogen and oxygen atoms in total. The summed E-state index contributed by atoms with van der Waals surface area (Å²) in [5, 5.41) is 4.23. The molecule has 2 heteroatoms. The normalized spacial score (nSPS) is 12.5. The summed E-state index contributed by atoms with van der Waals surface area (Å²) < 4.78 is 0. The SMILES string of the molecule is CNC(c1ccc(C)cc1C)c1cccc(Cl)c1C. The number of rotatable bonds is 3. The minimum absolute atomic E-state index is 0.180. The van der Waals surface area contributed by atoms with Gasteiger partial charge in [0.2, 0.25) is 0 Å². The van der Waals surface area contributed by atoms with Crippen LogP contribution in [0.25, 0.3) is 0 Å². The van der Waals surface area contributed by atoms with Gasteiger partial charge in [-0.1, -0.05) is 47.5 Å². The zero-order valence-electron chi connectivity index (χ0n) is 11.9. The molecule has 0 heterocycles. The molecule has 1 unspecified atom stereocenters. The molecule has 1 atom stereocenters. The molecule has 0 fully saturated rings. The van der Waals surface area contributed by atoms with Crippen LogP contribution in [0.3, 0.4) is 0 Å². The molecule has 0 saturated heterocycles. The summed E-state index contributed by atoms with van der Waals surface area (Å²) in [6.45, 7) is 6.36. The molecule has 0 bridgehead atoms. The van der Waals surface area contributed by atoms with Gasteiger partial charge in [0.25, 0.3) is 0 Å². The van der Waals surface area contributed by atoms with Crippen molar-refractivity contribution in [3.8, 4) is 0 Å². The first kappa shape index (κ1) is 14.1. The molecule has 100 valence electrons. The van der Waals surface area contributed by atoms with Gasteiger partial charge in [0.05, 0.1) is 6.04 Å². The van der Waals surface area contributed by atoms with E-state index in [0.29, 0.717) is 0 Å². The zero-order valence-corrected chi connectivity index (χ0v) is 12.7. The highest BCUT2D eigenvalue weighted by Crippen LogP contribution is 2.30. The molecule has 19 heavy (non-hydrogen) atoms. The minimum atomic E-state index is 0.180. The Bertz CT molecular complexity index is 590. The maximum absolute atomic E-state index is 6.24. The monoisotopic (exact) mass is 273 g/mol. The fourth-order valence-corrected chi connectivity index (χ4v) is 2.75. The summed E-state index contributed by atoms with van der Waals surface area (Å²) in [7, 11) is 1.99. The topological polar surface area (TPSA) is 12.0 Å². The quantitative estimate of drug-likeness (QED) is 0.863. The highest BCUT2D eigenvalue weighted by Gasteiger charge is 2.17. The Balaban J connectivity index is 2.53. The molecule has 1 N–H and O–H groups in total. The first-order chi connectivity index (χ1) is 9.04. The molecule has 0 saturated carbocycles. The van der Waals surface area contributed by atoms with Crippen LogP contribution >= 0.6 is 11.6 Å². The summed E-state index contributed by atoms with van der Waals surface area (Å²) in [5.41, 5.74) is 6.28. The van der Waals surface area contributed by atoms with Gasteiger partial charge >= 0.3 is 0 Å². The van der Waals surface area contributed by atoms with Crippen LogP contribution in [0, 0.1) is 20.8 Å². The summed E-state index contributed by atoms with van der Waals surface area (Å²) in [6.07, 6.45) is 0. The summed E-state index contributed by atoms with van der Waals surface area (Å²) in [5.74, 6) is 0. The number of hydrogen-bond acceptors (Lipinski definition) is 1. The Kier molecular flexibility index (Phi) is 4.28. The van der Waals surface area contributed by atoms with E-state index in [1.54, 1.807) is 0 Å². The van der Waals surface area contributed by atoms with Gasteiger partial charge in [-0.25, -0.2) is 0 Å². The summed E-state index contributed by atoms with van der Waals surface area (Å²) in [6, 6.07) is 12.9. The fraction of sp³-hybridized carbons (Fsp3) is 0.294. The third kappa shape index (κ3) is 2.83. The molecule has 2 rings (SSSR count). The van der Waals surface area contributed by atoms with E-state index >= 15 is 0 Å². The average molecular weight is 274 g/mol. The Morgan fingerprint density at radius 3 is 2.37 bits per heavy atom. The molecule has 0 aliphatic heterocycles. The van der Waals surface area contributed by atoms with Crippen LogP contribution in [0.5, 0.6) is 0 Å². The molecular weight excluding hydrogens is 254 g/mol. The molecule has 0 aliphatic carbocycles. The van der Waals surface area contributed by atoms with Crippen LogP contribution in [0.2, 0.25) is 5.02 Å². The van der Waals surface area contributed by atoms with Gasteiger partial charge in [0.1, 0.15) is 0 Å². The zero-order chi connectivity index (χ0) is 14.0. The largest absolute Gasteiger partial charge is 0.309 e. The lowest BCUT2D eigenvalue weighted by Gasteiger charge is -2.22. The Hall–Kier alpha value is -1.31. The van der Waals surface area contributed by atoms with Crippen molar-refractivity contribution in [1.29, 1.82) is 0 Å². The van der Waals surface area contributed by atoms with Crippen LogP contribution in [-0.4, -0.2) is 7.05 Å². The van der Waals surface area contributed by atoms with E-state index in [-0.39, 0.29) is 6.04 Å². The van der Waals surface area contributed by atoms with Crippen molar-refractivity contribution >= 4 is 11.6 Å². The summed E-state index contributed by atoms with van der Waals surface area (Å²) in [4.78, 5) is 0. The van der Waals surface area contributed by atoms with E-state index in [1.807, 2.05) is 19.2 Å². The smallest absolute Gasteiger partial charge is 0.0580 e. The van der Waals surface area contributed by atoms with Gasteiger partial charge in [-0.3, -0.25) is 0 Å². The van der Waals surface area contributed by atoms with Crippen molar-refractivity contribution in [2.45, 2.75) is 26.8 Å². The van der Waals surface area contributed by atoms with E-state index < -0.39 is 0 Å². The van der Waals surface area contributed by atoms with Crippen molar-refractivity contribution in [2.24, 2.45) is 0 Å². The fourth-order valence-electron chi connectivity index (χ4n) is 2.56. The number of hydrogen-bond donors (Lipinski definition) is 1. The van der Waals surface area contributed by atoms with E-state index in [2.05, 4.69) is 50.4 Å². The van der Waals surface area contributed by atoms with E-state index in [0.717, 1.165) is 10.6 Å². The predicted molar refractivity (Wildman–Crippen MR) is 83.0 cm³/mol. The third-order valence-corrected chi connectivity index (χ3v) is 4.06. The van der Waals surface area contributed by atoms with Crippen molar-refractivity contribution in [3.63, 3.8) is 0 Å². The Morgan fingerprint density at radius 1 is 1.00 bits per heavy atom. The van der Waals surface area contributed by atoms with Crippen LogP contribution in [-0.2, 0) is 0 Å². The van der Waals surface area contributed by atoms with Crippen LogP contribution in [0.1, 0.15) is 33.9 Å². The Labute approximate surface area is 120 Å². The van der Waals surface area contributed by atoms with Crippen LogP contribution < -0.4 is 5.32 Å².